The molecule has 0 aromatic rings. The van der Waals surface area contributed by atoms with E-state index in [2.05, 4.69) is 13.3 Å². The van der Waals surface area contributed by atoms with Gasteiger partial charge in [-0.1, -0.05) is 0 Å². The van der Waals surface area contributed by atoms with Gasteiger partial charge in [-0.25, -0.2) is 0 Å². The van der Waals surface area contributed by atoms with E-state index in [-0.39, 0.29) is 0 Å². The van der Waals surface area contributed by atoms with Gasteiger partial charge in [0.15, 0.2) is 0 Å². The van der Waals surface area contributed by atoms with Crippen LogP contribution >= 0.6 is 33.2 Å². The van der Waals surface area contributed by atoms with Crippen LogP contribution in [0.4, 0.5) is 0 Å². The number of carbonyl (C=O) groups is 3. The van der Waals surface area contributed by atoms with Crippen LogP contribution in [0.15, 0.2) is 0 Å². The monoisotopic (exact) mass is 368 g/mol. The third-order valence-corrected chi connectivity index (χ3v) is 2.96. The zero-order valence-corrected chi connectivity index (χ0v) is 15.4. The highest BCUT2D eigenvalue weighted by molar-refractivity contribution is 7.64. The molecule has 0 heterocycles. The Morgan fingerprint density at radius 3 is 1.00 bits per heavy atom. The second kappa shape index (κ2) is 8.80. The highest BCUT2D eigenvalue weighted by Crippen LogP contribution is 2.17. The Balaban J connectivity index is 0. The molecule has 0 aliphatic rings. The normalized spacial score (nSPS) is 10.7. The number of carbonyl (C=O) groups excluding carboxylic acids is 3. The maximum atomic E-state index is 10.7. The molecule has 11 heteroatoms. The molecule has 0 aromatic heterocycles. The zero-order valence-electron chi connectivity index (χ0n) is 11.1. The fourth-order valence-electron chi connectivity index (χ4n) is 0.846. The lowest BCUT2D eigenvalue weighted by Crippen LogP contribution is -2.46. The van der Waals surface area contributed by atoms with Crippen molar-refractivity contribution in [2.45, 2.75) is 33.9 Å². The quantitative estimate of drug-likeness (QED) is 0.562. The van der Waals surface area contributed by atoms with Crippen LogP contribution < -0.4 is 0 Å². The van der Waals surface area contributed by atoms with Gasteiger partial charge in [0.05, 0.1) is 0 Å². The molecule has 0 unspecified atom stereocenters. The van der Waals surface area contributed by atoms with Gasteiger partial charge in [-0.3, -0.25) is 14.4 Å². The summed E-state index contributed by atoms with van der Waals surface area (Å²) in [5.74, 6) is -2.00. The fourth-order valence-corrected chi connectivity index (χ4v) is 2.54. The highest BCUT2D eigenvalue weighted by atomic mass is 35.8. The van der Waals surface area contributed by atoms with Crippen LogP contribution in [-0.4, -0.2) is 32.7 Å². The van der Waals surface area contributed by atoms with Gasteiger partial charge in [0.2, 0.25) is 0 Å². The van der Waals surface area contributed by atoms with Gasteiger partial charge in [-0.05, 0) is 6.55 Å². The zero-order chi connectivity index (χ0) is 15.9. The van der Waals surface area contributed by atoms with Gasteiger partial charge in [-0.15, -0.1) is 33.2 Å². The molecule has 19 heavy (non-hydrogen) atoms. The van der Waals surface area contributed by atoms with Crippen LogP contribution in [0.3, 0.4) is 0 Å². The smallest absolute Gasteiger partial charge is 0.455 e. The van der Waals surface area contributed by atoms with Gasteiger partial charge in [0.25, 0.3) is 17.9 Å². The molecule has 0 aliphatic heterocycles. The largest absolute Gasteiger partial charge is 0.701 e. The molecule has 0 aromatic carbocycles. The van der Waals surface area contributed by atoms with Crippen LogP contribution in [0.1, 0.15) is 20.8 Å². The first-order valence-corrected chi connectivity index (χ1v) is 12.7. The minimum atomic E-state index is -3.49. The molecular weight excluding hydrogens is 355 g/mol. The minimum Gasteiger partial charge on any atom is -0.455 e. The highest BCUT2D eigenvalue weighted by Gasteiger charge is 2.45. The van der Waals surface area contributed by atoms with Crippen molar-refractivity contribution in [1.29, 1.82) is 0 Å². The van der Waals surface area contributed by atoms with Gasteiger partial charge in [0, 0.05) is 27.3 Å². The summed E-state index contributed by atoms with van der Waals surface area (Å²) in [7, 11) is -3.49. The van der Waals surface area contributed by atoms with Crippen molar-refractivity contribution < 1.29 is 27.7 Å². The second-order valence-electron chi connectivity index (χ2n) is 3.42. The van der Waals surface area contributed by atoms with E-state index in [0.29, 0.717) is 0 Å². The van der Waals surface area contributed by atoms with E-state index in [1.165, 1.54) is 6.55 Å². The summed E-state index contributed by atoms with van der Waals surface area (Å²) >= 11 is 15.6. The van der Waals surface area contributed by atoms with Crippen molar-refractivity contribution in [2.24, 2.45) is 0 Å². The van der Waals surface area contributed by atoms with Crippen molar-refractivity contribution >= 4 is 66.0 Å². The molecule has 0 atom stereocenters. The van der Waals surface area contributed by atoms with E-state index < -0.39 is 32.7 Å². The van der Waals surface area contributed by atoms with E-state index in [1.54, 1.807) is 6.55 Å². The molecule has 0 bridgehead atoms. The van der Waals surface area contributed by atoms with Crippen molar-refractivity contribution in [1.82, 2.24) is 0 Å². The lowest BCUT2D eigenvalue weighted by atomic mass is 10.9. The third kappa shape index (κ3) is 20.2. The summed E-state index contributed by atoms with van der Waals surface area (Å²) in [5, 5.41) is 0. The first-order valence-electron chi connectivity index (χ1n) is 4.90. The average Bonchev–Trinajstić information content (AvgIpc) is 1.91. The van der Waals surface area contributed by atoms with E-state index in [0.717, 1.165) is 20.8 Å². The van der Waals surface area contributed by atoms with Crippen molar-refractivity contribution in [2.75, 3.05) is 0 Å². The summed E-state index contributed by atoms with van der Waals surface area (Å²) < 4.78 is 14.0. The average molecular weight is 370 g/mol. The van der Waals surface area contributed by atoms with Gasteiger partial charge in [-0.2, -0.15) is 0 Å². The lowest BCUT2D eigenvalue weighted by molar-refractivity contribution is -0.147. The summed E-state index contributed by atoms with van der Waals surface area (Å²) in [6.07, 6.45) is 0. The molecule has 0 saturated heterocycles. The fraction of sp³-hybridized carbons (Fsp3) is 0.625. The maximum Gasteiger partial charge on any atom is 0.701 e. The molecular formula is C8H15Cl3O6Si2. The number of halogens is 3. The Morgan fingerprint density at radius 1 is 0.737 bits per heavy atom. The van der Waals surface area contributed by atoms with Gasteiger partial charge >= 0.3 is 14.8 Å². The molecule has 0 aliphatic carbocycles. The summed E-state index contributed by atoms with van der Waals surface area (Å²) in [6, 6.07) is -2.19. The molecule has 0 N–H and O–H groups in total. The van der Waals surface area contributed by atoms with Crippen LogP contribution in [0.25, 0.3) is 0 Å². The van der Waals surface area contributed by atoms with Crippen molar-refractivity contribution in [3.8, 4) is 0 Å². The first-order chi connectivity index (χ1) is 8.25. The molecule has 0 saturated carbocycles. The Morgan fingerprint density at radius 2 is 0.895 bits per heavy atom. The summed E-state index contributed by atoms with van der Waals surface area (Å²) in [4.78, 5) is 32.0. The molecule has 0 amide bonds. The Kier molecular flexibility index (Phi) is 9.74. The first kappa shape index (κ1) is 21.0. The molecule has 0 radical (unpaired) electrons. The number of hydrogen-bond acceptors (Lipinski definition) is 6. The molecule has 0 spiro atoms. The predicted molar refractivity (Wildman–Crippen MR) is 76.1 cm³/mol. The maximum absolute atomic E-state index is 10.7. The topological polar surface area (TPSA) is 78.9 Å². The minimum absolute atomic E-state index is 0.665. The Hall–Kier alpha value is -0.286. The number of rotatable bonds is 3. The molecule has 0 rings (SSSR count). The number of hydrogen-bond donors (Lipinski definition) is 0. The standard InChI is InChI=1S/C7H12O6Si.CH3Cl3Si/c1-5(8)11-14(4,12-6(2)9)13-7(3)10;1-5(2,3)4/h1-4H3;1H3. The van der Waals surface area contributed by atoms with Crippen molar-refractivity contribution in [3.63, 3.8) is 0 Å². The van der Waals surface area contributed by atoms with E-state index in [9.17, 15) is 14.4 Å². The third-order valence-electron chi connectivity index (χ3n) is 0.987. The van der Waals surface area contributed by atoms with E-state index >= 15 is 0 Å². The molecule has 112 valence electrons. The van der Waals surface area contributed by atoms with Crippen LogP contribution in [-0.2, 0) is 27.7 Å². The van der Waals surface area contributed by atoms with Crippen LogP contribution in [0.5, 0.6) is 0 Å². The lowest BCUT2D eigenvalue weighted by Gasteiger charge is -2.22. The predicted octanol–water partition coefficient (Wildman–Crippen LogP) is 2.52. The van der Waals surface area contributed by atoms with Gasteiger partial charge in [0.1, 0.15) is 0 Å². The van der Waals surface area contributed by atoms with Crippen LogP contribution in [0.2, 0.25) is 13.1 Å². The van der Waals surface area contributed by atoms with E-state index in [1.807, 2.05) is 0 Å². The molecule has 6 nitrogen and oxygen atoms in total. The molecule has 0 fully saturated rings. The summed E-state index contributed by atoms with van der Waals surface area (Å²) in [5.41, 5.74) is 0. The van der Waals surface area contributed by atoms with Crippen LogP contribution in [0, 0.1) is 0 Å². The SMILES string of the molecule is CC(=O)O[Si](C)(OC(C)=O)OC(C)=O.C[Si](Cl)(Cl)Cl. The van der Waals surface area contributed by atoms with Gasteiger partial charge < -0.3 is 13.3 Å². The summed E-state index contributed by atoms with van der Waals surface area (Å²) in [6.45, 7) is 6.32. The Bertz CT molecular complexity index is 297. The Labute approximate surface area is 127 Å². The second-order valence-corrected chi connectivity index (χ2v) is 15.9. The van der Waals surface area contributed by atoms with Crippen molar-refractivity contribution in [3.05, 3.63) is 0 Å². The van der Waals surface area contributed by atoms with E-state index in [4.69, 9.17) is 33.2 Å².